The van der Waals surface area contributed by atoms with E-state index in [9.17, 15) is 0 Å². The summed E-state index contributed by atoms with van der Waals surface area (Å²) in [6, 6.07) is 10.3. The first-order valence-electron chi connectivity index (χ1n) is 5.48. The summed E-state index contributed by atoms with van der Waals surface area (Å²) in [6.45, 7) is 12.2. The van der Waals surface area contributed by atoms with Crippen LogP contribution in [0.15, 0.2) is 30.3 Å². The van der Waals surface area contributed by atoms with E-state index in [1.54, 1.807) is 0 Å². The van der Waals surface area contributed by atoms with Crippen LogP contribution in [-0.2, 0) is 0 Å². The summed E-state index contributed by atoms with van der Waals surface area (Å²) in [5.74, 6) is 0. The Morgan fingerprint density at radius 3 is 1.43 bits per heavy atom. The average molecular weight is 193 g/mol. The van der Waals surface area contributed by atoms with Crippen LogP contribution >= 0.6 is 0 Å². The van der Waals surface area contributed by atoms with Crippen LogP contribution in [0.2, 0.25) is 0 Å². The summed E-state index contributed by atoms with van der Waals surface area (Å²) in [7, 11) is 0. The van der Waals surface area contributed by atoms with Crippen LogP contribution in [-0.4, -0.2) is 24.5 Å². The quantitative estimate of drug-likeness (QED) is 0.711. The highest BCUT2D eigenvalue weighted by molar-refractivity contribution is 5.11. The van der Waals surface area contributed by atoms with E-state index in [1.165, 1.54) is 25.2 Å². The molecular weight excluding hydrogens is 170 g/mol. The molecule has 0 radical (unpaired) electrons. The fourth-order valence-corrected chi connectivity index (χ4v) is 1.21. The second kappa shape index (κ2) is 8.76. The van der Waals surface area contributed by atoms with Crippen molar-refractivity contribution in [2.24, 2.45) is 0 Å². The van der Waals surface area contributed by atoms with Gasteiger partial charge in [0.1, 0.15) is 0 Å². The summed E-state index contributed by atoms with van der Waals surface area (Å²) in [6.07, 6.45) is 0. The lowest BCUT2D eigenvalue weighted by molar-refractivity contribution is 0.321. The van der Waals surface area contributed by atoms with E-state index in [4.69, 9.17) is 0 Å². The van der Waals surface area contributed by atoms with E-state index in [2.05, 4.69) is 44.7 Å². The molecule has 0 amide bonds. The Labute approximate surface area is 88.8 Å². The van der Waals surface area contributed by atoms with Gasteiger partial charge in [-0.2, -0.15) is 0 Å². The maximum atomic E-state index is 2.38. The Morgan fingerprint density at radius 1 is 0.857 bits per heavy atom. The van der Waals surface area contributed by atoms with Crippen LogP contribution in [0.1, 0.15) is 26.3 Å². The van der Waals surface area contributed by atoms with Gasteiger partial charge in [0.15, 0.2) is 0 Å². The van der Waals surface area contributed by atoms with Gasteiger partial charge >= 0.3 is 0 Å². The normalized spacial score (nSPS) is 9.50. The van der Waals surface area contributed by atoms with Crippen LogP contribution in [0.25, 0.3) is 0 Å². The van der Waals surface area contributed by atoms with E-state index >= 15 is 0 Å². The molecule has 1 aromatic carbocycles. The molecule has 1 rings (SSSR count). The molecule has 0 aliphatic carbocycles. The van der Waals surface area contributed by atoms with Gasteiger partial charge in [0.2, 0.25) is 0 Å². The molecule has 0 fully saturated rings. The third kappa shape index (κ3) is 6.67. The van der Waals surface area contributed by atoms with Gasteiger partial charge in [0.05, 0.1) is 0 Å². The van der Waals surface area contributed by atoms with Crippen molar-refractivity contribution in [1.82, 2.24) is 4.90 Å². The summed E-state index contributed by atoms with van der Waals surface area (Å²) < 4.78 is 0. The zero-order valence-electron chi connectivity index (χ0n) is 9.96. The standard InChI is InChI=1S/C7H8.C6H15N/c1-7-5-3-2-4-6-7;1-4-7(5-2)6-3/h2-6H,1H3;4-6H2,1-3H3. The Kier molecular flexibility index (Phi) is 8.25. The SMILES string of the molecule is CCN(CC)CC.Cc1ccccc1. The molecule has 0 atom stereocenters. The molecule has 1 nitrogen and oxygen atoms in total. The zero-order valence-corrected chi connectivity index (χ0v) is 9.96. The van der Waals surface area contributed by atoms with Crippen LogP contribution in [0.4, 0.5) is 0 Å². The van der Waals surface area contributed by atoms with E-state index in [-0.39, 0.29) is 0 Å². The molecule has 0 unspecified atom stereocenters. The van der Waals surface area contributed by atoms with Crippen molar-refractivity contribution in [2.45, 2.75) is 27.7 Å². The molecule has 0 heterocycles. The highest BCUT2D eigenvalue weighted by atomic mass is 15.1. The van der Waals surface area contributed by atoms with E-state index in [0.29, 0.717) is 0 Å². The van der Waals surface area contributed by atoms with Crippen LogP contribution < -0.4 is 0 Å². The smallest absolute Gasteiger partial charge is 0.00474 e. The number of aryl methyl sites for hydroxylation is 1. The minimum atomic E-state index is 1.19. The Morgan fingerprint density at radius 2 is 1.29 bits per heavy atom. The number of hydrogen-bond donors (Lipinski definition) is 0. The molecule has 0 aromatic heterocycles. The predicted molar refractivity (Wildman–Crippen MR) is 64.6 cm³/mol. The minimum Gasteiger partial charge on any atom is -0.304 e. The third-order valence-electron chi connectivity index (χ3n) is 2.28. The van der Waals surface area contributed by atoms with Crippen LogP contribution in [0.3, 0.4) is 0 Å². The van der Waals surface area contributed by atoms with Gasteiger partial charge in [-0.1, -0.05) is 56.7 Å². The van der Waals surface area contributed by atoms with Crippen molar-refractivity contribution in [3.05, 3.63) is 35.9 Å². The second-order valence-corrected chi connectivity index (χ2v) is 3.27. The van der Waals surface area contributed by atoms with E-state index in [1.807, 2.05) is 18.2 Å². The van der Waals surface area contributed by atoms with Gasteiger partial charge in [-0.15, -0.1) is 0 Å². The first kappa shape index (κ1) is 13.2. The lowest BCUT2D eigenvalue weighted by atomic mass is 10.2. The molecule has 1 heteroatoms. The Balaban J connectivity index is 0.000000241. The highest BCUT2D eigenvalue weighted by Crippen LogP contribution is 1.92. The predicted octanol–water partition coefficient (Wildman–Crippen LogP) is 3.34. The molecule has 0 N–H and O–H groups in total. The van der Waals surface area contributed by atoms with Gasteiger partial charge in [-0.25, -0.2) is 0 Å². The van der Waals surface area contributed by atoms with Crippen molar-refractivity contribution in [3.63, 3.8) is 0 Å². The van der Waals surface area contributed by atoms with Gasteiger partial charge in [0.25, 0.3) is 0 Å². The molecule has 14 heavy (non-hydrogen) atoms. The van der Waals surface area contributed by atoms with Crippen molar-refractivity contribution >= 4 is 0 Å². The highest BCUT2D eigenvalue weighted by Gasteiger charge is 1.89. The van der Waals surface area contributed by atoms with Gasteiger partial charge in [-0.3, -0.25) is 0 Å². The maximum absolute atomic E-state index is 2.38. The Bertz CT molecular complexity index is 196. The fourth-order valence-electron chi connectivity index (χ4n) is 1.21. The number of benzene rings is 1. The molecular formula is C13H23N. The summed E-state index contributed by atoms with van der Waals surface area (Å²) in [4.78, 5) is 2.38. The summed E-state index contributed by atoms with van der Waals surface area (Å²) in [5, 5.41) is 0. The van der Waals surface area contributed by atoms with Crippen molar-refractivity contribution in [3.8, 4) is 0 Å². The van der Waals surface area contributed by atoms with E-state index < -0.39 is 0 Å². The number of rotatable bonds is 3. The van der Waals surface area contributed by atoms with Gasteiger partial charge in [0, 0.05) is 0 Å². The molecule has 0 aliphatic rings. The monoisotopic (exact) mass is 193 g/mol. The minimum absolute atomic E-state index is 1.19. The van der Waals surface area contributed by atoms with Gasteiger partial charge < -0.3 is 4.90 Å². The molecule has 0 aliphatic heterocycles. The number of nitrogens with zero attached hydrogens (tertiary/aromatic N) is 1. The first-order chi connectivity index (χ1) is 6.74. The molecule has 0 bridgehead atoms. The van der Waals surface area contributed by atoms with Crippen LogP contribution in [0.5, 0.6) is 0 Å². The van der Waals surface area contributed by atoms with Gasteiger partial charge in [-0.05, 0) is 26.6 Å². The molecule has 0 spiro atoms. The molecule has 1 aromatic rings. The lowest BCUT2D eigenvalue weighted by Gasteiger charge is -2.13. The zero-order chi connectivity index (χ0) is 10.8. The summed E-state index contributed by atoms with van der Waals surface area (Å²) >= 11 is 0. The first-order valence-corrected chi connectivity index (χ1v) is 5.48. The number of hydrogen-bond acceptors (Lipinski definition) is 1. The Hall–Kier alpha value is -0.820. The fraction of sp³-hybridized carbons (Fsp3) is 0.538. The second-order valence-electron chi connectivity index (χ2n) is 3.27. The molecule has 0 saturated heterocycles. The average Bonchev–Trinajstić information content (AvgIpc) is 2.22. The molecule has 80 valence electrons. The van der Waals surface area contributed by atoms with Crippen LogP contribution in [0, 0.1) is 6.92 Å². The largest absolute Gasteiger partial charge is 0.304 e. The maximum Gasteiger partial charge on any atom is -0.00474 e. The summed E-state index contributed by atoms with van der Waals surface area (Å²) in [5.41, 5.74) is 1.32. The van der Waals surface area contributed by atoms with E-state index in [0.717, 1.165) is 0 Å². The van der Waals surface area contributed by atoms with Crippen molar-refractivity contribution in [1.29, 1.82) is 0 Å². The van der Waals surface area contributed by atoms with Crippen molar-refractivity contribution in [2.75, 3.05) is 19.6 Å². The third-order valence-corrected chi connectivity index (χ3v) is 2.28. The van der Waals surface area contributed by atoms with Crippen molar-refractivity contribution < 1.29 is 0 Å². The topological polar surface area (TPSA) is 3.24 Å². The molecule has 0 saturated carbocycles. The lowest BCUT2D eigenvalue weighted by Crippen LogP contribution is -2.21.